The van der Waals surface area contributed by atoms with Crippen molar-refractivity contribution in [1.29, 1.82) is 0 Å². The molecule has 0 fully saturated rings. The van der Waals surface area contributed by atoms with Gasteiger partial charge in [0.25, 0.3) is 0 Å². The maximum absolute atomic E-state index is 11.7. The first-order valence-electron chi connectivity index (χ1n) is 9.55. The molecule has 0 spiro atoms. The summed E-state index contributed by atoms with van der Waals surface area (Å²) < 4.78 is 38.5. The van der Waals surface area contributed by atoms with E-state index in [1.54, 1.807) is 6.92 Å². The summed E-state index contributed by atoms with van der Waals surface area (Å²) in [5.74, 6) is 0.507. The van der Waals surface area contributed by atoms with E-state index in [1.807, 2.05) is 18.2 Å². The van der Waals surface area contributed by atoms with Gasteiger partial charge in [-0.25, -0.2) is 0 Å². The molecule has 0 saturated heterocycles. The van der Waals surface area contributed by atoms with Gasteiger partial charge in [-0.05, 0) is 55.9 Å². The van der Waals surface area contributed by atoms with Crippen LogP contribution in [0.5, 0.6) is 5.75 Å². The Morgan fingerprint density at radius 2 is 1.52 bits per heavy atom. The van der Waals surface area contributed by atoms with E-state index in [1.165, 1.54) is 37.3 Å². The average molecular weight is 371 g/mol. The second kappa shape index (κ2) is 10.2. The molecule has 0 aromatic heterocycles. The van der Waals surface area contributed by atoms with Gasteiger partial charge >= 0.3 is 10.1 Å². The fourth-order valence-corrected chi connectivity index (χ4v) is 3.40. The third kappa shape index (κ3) is 6.63. The number of unbranched alkanes of at least 4 members (excludes halogenated alkanes) is 4. The SMILES string of the molecule is CCCCCc1ccc(OC(C)(CC)S(=O)(=O)O)cc1CCCCC. The standard InChI is InChI=1S/C20H34O4S/c1-5-8-10-12-17-14-15-19(16-18(17)13-11-9-6-2)24-20(4,7-3)25(21,22)23/h14-16H,5-13H2,1-4H3,(H,21,22,23). The highest BCUT2D eigenvalue weighted by atomic mass is 32.2. The minimum Gasteiger partial charge on any atom is -0.469 e. The topological polar surface area (TPSA) is 63.6 Å². The summed E-state index contributed by atoms with van der Waals surface area (Å²) >= 11 is 0. The molecule has 0 amide bonds. The first kappa shape index (κ1) is 22.0. The Balaban J connectivity index is 3.02. The van der Waals surface area contributed by atoms with Crippen molar-refractivity contribution in [3.8, 4) is 5.75 Å². The Kier molecular flexibility index (Phi) is 8.94. The van der Waals surface area contributed by atoms with Crippen LogP contribution in [0.4, 0.5) is 0 Å². The van der Waals surface area contributed by atoms with Gasteiger partial charge in [0.1, 0.15) is 5.75 Å². The van der Waals surface area contributed by atoms with E-state index in [2.05, 4.69) is 13.8 Å². The summed E-state index contributed by atoms with van der Waals surface area (Å²) in [7, 11) is -4.30. The molecule has 25 heavy (non-hydrogen) atoms. The van der Waals surface area contributed by atoms with E-state index in [0.717, 1.165) is 32.1 Å². The third-order valence-electron chi connectivity index (χ3n) is 4.80. The number of rotatable bonds is 12. The molecular weight excluding hydrogens is 336 g/mol. The fourth-order valence-electron chi connectivity index (χ4n) is 2.83. The lowest BCUT2D eigenvalue weighted by Gasteiger charge is -2.26. The molecule has 1 aromatic rings. The lowest BCUT2D eigenvalue weighted by atomic mass is 9.97. The average Bonchev–Trinajstić information content (AvgIpc) is 2.56. The van der Waals surface area contributed by atoms with Gasteiger partial charge in [-0.1, -0.05) is 52.5 Å². The molecule has 0 heterocycles. The van der Waals surface area contributed by atoms with Gasteiger partial charge in [-0.2, -0.15) is 8.42 Å². The van der Waals surface area contributed by atoms with Crippen LogP contribution in [0.15, 0.2) is 18.2 Å². The molecule has 0 radical (unpaired) electrons. The van der Waals surface area contributed by atoms with E-state index in [-0.39, 0.29) is 6.42 Å². The highest BCUT2D eigenvalue weighted by molar-refractivity contribution is 7.87. The normalized spacial score (nSPS) is 14.3. The molecule has 0 aliphatic heterocycles. The molecule has 0 aliphatic rings. The van der Waals surface area contributed by atoms with Crippen molar-refractivity contribution in [2.45, 2.75) is 90.4 Å². The first-order chi connectivity index (χ1) is 11.8. The summed E-state index contributed by atoms with van der Waals surface area (Å²) in [5, 5.41) is 0. The van der Waals surface area contributed by atoms with Crippen LogP contribution in [0.2, 0.25) is 0 Å². The lowest BCUT2D eigenvalue weighted by molar-refractivity contribution is 0.155. The van der Waals surface area contributed by atoms with Crippen molar-refractivity contribution in [3.05, 3.63) is 29.3 Å². The monoisotopic (exact) mass is 370 g/mol. The molecule has 1 aromatic carbocycles. The molecular formula is C20H34O4S. The van der Waals surface area contributed by atoms with Gasteiger partial charge < -0.3 is 4.74 Å². The zero-order chi connectivity index (χ0) is 18.9. The van der Waals surface area contributed by atoms with Crippen LogP contribution >= 0.6 is 0 Å². The quantitative estimate of drug-likeness (QED) is 0.387. The Hall–Kier alpha value is -1.07. The van der Waals surface area contributed by atoms with Crippen molar-refractivity contribution >= 4 is 10.1 Å². The van der Waals surface area contributed by atoms with Crippen molar-refractivity contribution in [2.75, 3.05) is 0 Å². The number of hydrogen-bond donors (Lipinski definition) is 1. The molecule has 0 aliphatic carbocycles. The van der Waals surface area contributed by atoms with Crippen molar-refractivity contribution in [1.82, 2.24) is 0 Å². The summed E-state index contributed by atoms with van der Waals surface area (Å²) in [6, 6.07) is 5.83. The predicted molar refractivity (Wildman–Crippen MR) is 104 cm³/mol. The van der Waals surface area contributed by atoms with Crippen LogP contribution < -0.4 is 4.74 Å². The van der Waals surface area contributed by atoms with E-state index >= 15 is 0 Å². The van der Waals surface area contributed by atoms with E-state index < -0.39 is 15.1 Å². The Morgan fingerprint density at radius 1 is 0.960 bits per heavy atom. The number of aryl methyl sites for hydroxylation is 2. The number of hydrogen-bond acceptors (Lipinski definition) is 3. The highest BCUT2D eigenvalue weighted by Crippen LogP contribution is 2.29. The van der Waals surface area contributed by atoms with Gasteiger partial charge in [-0.15, -0.1) is 0 Å². The van der Waals surface area contributed by atoms with Crippen LogP contribution in [0.3, 0.4) is 0 Å². The second-order valence-electron chi connectivity index (χ2n) is 6.91. The van der Waals surface area contributed by atoms with Crippen LogP contribution in [0.25, 0.3) is 0 Å². The Bertz CT molecular complexity index is 625. The van der Waals surface area contributed by atoms with Gasteiger partial charge in [0, 0.05) is 6.42 Å². The summed E-state index contributed by atoms with van der Waals surface area (Å²) in [4.78, 5) is -1.61. The molecule has 0 saturated carbocycles. The predicted octanol–water partition coefficient (Wildman–Crippen LogP) is 5.54. The Morgan fingerprint density at radius 3 is 2.00 bits per heavy atom. The summed E-state index contributed by atoms with van der Waals surface area (Å²) in [6.45, 7) is 7.48. The van der Waals surface area contributed by atoms with E-state index in [9.17, 15) is 13.0 Å². The molecule has 0 bridgehead atoms. The maximum atomic E-state index is 11.7. The molecule has 1 unspecified atom stereocenters. The van der Waals surface area contributed by atoms with Crippen molar-refractivity contribution in [3.63, 3.8) is 0 Å². The number of benzene rings is 1. The smallest absolute Gasteiger partial charge is 0.306 e. The summed E-state index contributed by atoms with van der Waals surface area (Å²) in [5.41, 5.74) is 2.55. The van der Waals surface area contributed by atoms with Gasteiger partial charge in [0.05, 0.1) is 0 Å². The van der Waals surface area contributed by atoms with Gasteiger partial charge in [-0.3, -0.25) is 4.55 Å². The largest absolute Gasteiger partial charge is 0.469 e. The fraction of sp³-hybridized carbons (Fsp3) is 0.700. The van der Waals surface area contributed by atoms with Crippen LogP contribution in [-0.4, -0.2) is 17.9 Å². The lowest BCUT2D eigenvalue weighted by Crippen LogP contribution is -2.40. The maximum Gasteiger partial charge on any atom is 0.306 e. The van der Waals surface area contributed by atoms with Crippen molar-refractivity contribution < 1.29 is 17.7 Å². The molecule has 1 N–H and O–H groups in total. The molecule has 144 valence electrons. The zero-order valence-electron chi connectivity index (χ0n) is 16.2. The Labute approximate surface area is 153 Å². The molecule has 1 atom stereocenters. The molecule has 4 nitrogen and oxygen atoms in total. The second-order valence-corrected chi connectivity index (χ2v) is 8.72. The first-order valence-corrected chi connectivity index (χ1v) is 11.0. The van der Waals surface area contributed by atoms with Crippen LogP contribution in [0, 0.1) is 0 Å². The third-order valence-corrected chi connectivity index (χ3v) is 6.26. The van der Waals surface area contributed by atoms with Crippen molar-refractivity contribution in [2.24, 2.45) is 0 Å². The minimum absolute atomic E-state index is 0.176. The van der Waals surface area contributed by atoms with Crippen LogP contribution in [-0.2, 0) is 23.0 Å². The van der Waals surface area contributed by atoms with Crippen LogP contribution in [0.1, 0.15) is 83.8 Å². The minimum atomic E-state index is -4.30. The summed E-state index contributed by atoms with van der Waals surface area (Å²) in [6.07, 6.45) is 9.21. The zero-order valence-corrected chi connectivity index (χ0v) is 17.0. The molecule has 1 rings (SSSR count). The highest BCUT2D eigenvalue weighted by Gasteiger charge is 2.38. The van der Waals surface area contributed by atoms with E-state index in [4.69, 9.17) is 4.74 Å². The van der Waals surface area contributed by atoms with Gasteiger partial charge in [0.15, 0.2) is 0 Å². The molecule has 5 heteroatoms. The van der Waals surface area contributed by atoms with E-state index in [0.29, 0.717) is 5.75 Å². The van der Waals surface area contributed by atoms with Gasteiger partial charge in [0.2, 0.25) is 4.93 Å². The number of ether oxygens (including phenoxy) is 1.